The first-order valence-corrected chi connectivity index (χ1v) is 18.7. The molecule has 0 saturated carbocycles. The highest BCUT2D eigenvalue weighted by Gasteiger charge is 2.36. The van der Waals surface area contributed by atoms with E-state index < -0.39 is 0 Å². The zero-order chi connectivity index (χ0) is 34.6. The fourth-order valence-corrected chi connectivity index (χ4v) is 9.95. The Kier molecular flexibility index (Phi) is 6.21. The molecule has 3 heteroatoms. The van der Waals surface area contributed by atoms with Crippen LogP contribution >= 0.6 is 11.3 Å². The van der Waals surface area contributed by atoms with Gasteiger partial charge >= 0.3 is 0 Å². The summed E-state index contributed by atoms with van der Waals surface area (Å²) in [6, 6.07) is 59.8. The van der Waals surface area contributed by atoms with Crippen molar-refractivity contribution in [3.8, 4) is 22.3 Å². The Morgan fingerprint density at radius 1 is 0.519 bits per heavy atom. The van der Waals surface area contributed by atoms with E-state index >= 15 is 0 Å². The van der Waals surface area contributed by atoms with Crippen molar-refractivity contribution in [3.63, 3.8) is 0 Å². The van der Waals surface area contributed by atoms with Gasteiger partial charge in [-0.3, -0.25) is 0 Å². The van der Waals surface area contributed by atoms with E-state index in [2.05, 4.69) is 183 Å². The van der Waals surface area contributed by atoms with E-state index in [4.69, 9.17) is 4.42 Å². The minimum Gasteiger partial charge on any atom is -0.455 e. The van der Waals surface area contributed by atoms with Crippen molar-refractivity contribution in [1.29, 1.82) is 0 Å². The maximum Gasteiger partial charge on any atom is 0.143 e. The molecule has 0 aliphatic heterocycles. The van der Waals surface area contributed by atoms with Crippen molar-refractivity contribution in [2.45, 2.75) is 19.3 Å². The number of hydrogen-bond donors (Lipinski definition) is 0. The lowest BCUT2D eigenvalue weighted by atomic mass is 9.82. The van der Waals surface area contributed by atoms with E-state index in [-0.39, 0.29) is 5.41 Å². The maximum atomic E-state index is 6.64. The molecule has 1 aliphatic carbocycles. The zero-order valence-corrected chi connectivity index (χ0v) is 29.7. The summed E-state index contributed by atoms with van der Waals surface area (Å²) in [6.45, 7) is 4.72. The van der Waals surface area contributed by atoms with Gasteiger partial charge in [0.15, 0.2) is 0 Å². The molecule has 1 aliphatic rings. The second-order valence-electron chi connectivity index (χ2n) is 14.5. The molecule has 0 N–H and O–H groups in total. The van der Waals surface area contributed by atoms with Crippen LogP contribution in [0.25, 0.3) is 75.1 Å². The molecular formula is C49H33NOS. The number of furan rings is 1. The molecule has 52 heavy (non-hydrogen) atoms. The summed E-state index contributed by atoms with van der Waals surface area (Å²) in [5.41, 5.74) is 13.1. The Morgan fingerprint density at radius 3 is 2.13 bits per heavy atom. The van der Waals surface area contributed by atoms with E-state index in [1.54, 1.807) is 0 Å². The van der Waals surface area contributed by atoms with Crippen molar-refractivity contribution in [3.05, 3.63) is 175 Å². The van der Waals surface area contributed by atoms with Crippen molar-refractivity contribution < 1.29 is 4.42 Å². The molecule has 0 fully saturated rings. The van der Waals surface area contributed by atoms with Crippen LogP contribution in [0.3, 0.4) is 0 Å². The fourth-order valence-electron chi connectivity index (χ4n) is 8.74. The number of nitrogens with zero attached hydrogens (tertiary/aromatic N) is 1. The Labute approximate surface area is 305 Å². The first-order valence-electron chi connectivity index (χ1n) is 17.9. The van der Waals surface area contributed by atoms with E-state index in [0.29, 0.717) is 0 Å². The Balaban J connectivity index is 1.16. The second kappa shape index (κ2) is 10.9. The lowest BCUT2D eigenvalue weighted by Gasteiger charge is -2.28. The molecule has 0 atom stereocenters. The van der Waals surface area contributed by atoms with Gasteiger partial charge in [0.05, 0.1) is 10.4 Å². The number of thiophene rings is 1. The normalized spacial score (nSPS) is 13.3. The summed E-state index contributed by atoms with van der Waals surface area (Å²) in [7, 11) is 0. The molecule has 2 aromatic heterocycles. The van der Waals surface area contributed by atoms with Crippen molar-refractivity contribution in [2.75, 3.05) is 4.90 Å². The van der Waals surface area contributed by atoms with Crippen LogP contribution in [0.1, 0.15) is 25.0 Å². The molecule has 0 radical (unpaired) electrons. The van der Waals surface area contributed by atoms with Gasteiger partial charge in [-0.1, -0.05) is 129 Å². The first-order chi connectivity index (χ1) is 25.5. The third-order valence-corrected chi connectivity index (χ3v) is 12.5. The Morgan fingerprint density at radius 2 is 1.25 bits per heavy atom. The van der Waals surface area contributed by atoms with Crippen molar-refractivity contribution in [2.24, 2.45) is 0 Å². The highest BCUT2D eigenvalue weighted by Crippen LogP contribution is 2.52. The number of rotatable bonds is 4. The van der Waals surface area contributed by atoms with Gasteiger partial charge in [-0.15, -0.1) is 11.3 Å². The third kappa shape index (κ3) is 4.17. The van der Waals surface area contributed by atoms with Gasteiger partial charge in [0.2, 0.25) is 0 Å². The monoisotopic (exact) mass is 683 g/mol. The quantitative estimate of drug-likeness (QED) is 0.184. The molecule has 0 bridgehead atoms. The number of benzene rings is 8. The van der Waals surface area contributed by atoms with Crippen LogP contribution in [0.15, 0.2) is 168 Å². The summed E-state index contributed by atoms with van der Waals surface area (Å²) < 4.78 is 9.16. The summed E-state index contributed by atoms with van der Waals surface area (Å²) in [6.07, 6.45) is 0. The SMILES string of the molecule is CC1(C)c2ccccc2-c2ccc(N(c3ccc(-c4ccccc4)cc3)c3cccc4c3sc3ccc5oc6c7ccccc7ccc6c5c34)cc21. The summed E-state index contributed by atoms with van der Waals surface area (Å²) in [5.74, 6) is 0. The molecule has 8 aromatic carbocycles. The molecular weight excluding hydrogens is 651 g/mol. The standard InChI is InChI=1S/C49H33NOS/c1-49(2)40-17-9-8-15-36(40)37-26-24-34(29-41(37)49)50(33-22-19-31(20-23-33)30-11-4-3-5-12-30)42-18-10-16-39-46-44(52-48(39)42)28-27-43-45(46)38-25-21-32-13-6-7-14-35(32)47(38)51-43/h3-29H,1-2H3. The lowest BCUT2D eigenvalue weighted by molar-refractivity contribution is 0.660. The van der Waals surface area contributed by atoms with Crippen LogP contribution in [-0.4, -0.2) is 0 Å². The smallest absolute Gasteiger partial charge is 0.143 e. The molecule has 246 valence electrons. The molecule has 0 unspecified atom stereocenters. The van der Waals surface area contributed by atoms with E-state index in [0.717, 1.165) is 33.3 Å². The Bertz CT molecular complexity index is 3040. The first kappa shape index (κ1) is 29.6. The predicted octanol–water partition coefficient (Wildman–Crippen LogP) is 14.6. The Hall–Kier alpha value is -6.16. The van der Waals surface area contributed by atoms with Crippen LogP contribution in [0.2, 0.25) is 0 Å². The van der Waals surface area contributed by atoms with Crippen LogP contribution < -0.4 is 4.90 Å². The molecule has 10 aromatic rings. The summed E-state index contributed by atoms with van der Waals surface area (Å²) in [4.78, 5) is 2.46. The van der Waals surface area contributed by atoms with E-state index in [1.807, 2.05) is 11.3 Å². The van der Waals surface area contributed by atoms with Gasteiger partial charge in [-0.2, -0.15) is 0 Å². The molecule has 0 amide bonds. The van der Waals surface area contributed by atoms with Crippen molar-refractivity contribution >= 4 is 81.3 Å². The average Bonchev–Trinajstić information content (AvgIpc) is 3.84. The fraction of sp³-hybridized carbons (Fsp3) is 0.0612. The van der Waals surface area contributed by atoms with Gasteiger partial charge in [0.25, 0.3) is 0 Å². The average molecular weight is 684 g/mol. The molecule has 2 nitrogen and oxygen atoms in total. The number of hydrogen-bond acceptors (Lipinski definition) is 3. The van der Waals surface area contributed by atoms with E-state index in [9.17, 15) is 0 Å². The van der Waals surface area contributed by atoms with Gasteiger partial charge in [0.1, 0.15) is 11.2 Å². The van der Waals surface area contributed by atoms with Crippen LogP contribution in [0.4, 0.5) is 17.1 Å². The van der Waals surface area contributed by atoms with Crippen LogP contribution in [-0.2, 0) is 5.41 Å². The summed E-state index contributed by atoms with van der Waals surface area (Å²) >= 11 is 1.87. The third-order valence-electron chi connectivity index (χ3n) is 11.3. The lowest BCUT2D eigenvalue weighted by Crippen LogP contribution is -2.16. The largest absolute Gasteiger partial charge is 0.455 e. The second-order valence-corrected chi connectivity index (χ2v) is 15.5. The van der Waals surface area contributed by atoms with Gasteiger partial charge in [-0.05, 0) is 87.3 Å². The minimum absolute atomic E-state index is 0.105. The highest BCUT2D eigenvalue weighted by molar-refractivity contribution is 7.26. The minimum atomic E-state index is -0.105. The highest BCUT2D eigenvalue weighted by atomic mass is 32.1. The van der Waals surface area contributed by atoms with E-state index in [1.165, 1.54) is 70.0 Å². The molecule has 11 rings (SSSR count). The number of fused-ring (bicyclic) bond motifs is 12. The maximum absolute atomic E-state index is 6.64. The molecule has 0 spiro atoms. The van der Waals surface area contributed by atoms with Crippen molar-refractivity contribution in [1.82, 2.24) is 0 Å². The van der Waals surface area contributed by atoms with Gasteiger partial charge in [-0.25, -0.2) is 0 Å². The molecule has 0 saturated heterocycles. The predicted molar refractivity (Wildman–Crippen MR) is 222 cm³/mol. The van der Waals surface area contributed by atoms with Crippen LogP contribution in [0, 0.1) is 0 Å². The van der Waals surface area contributed by atoms with Crippen LogP contribution in [0.5, 0.6) is 0 Å². The summed E-state index contributed by atoms with van der Waals surface area (Å²) in [5, 5.41) is 7.21. The van der Waals surface area contributed by atoms with Gasteiger partial charge in [0, 0.05) is 48.4 Å². The molecule has 2 heterocycles. The van der Waals surface area contributed by atoms with Gasteiger partial charge < -0.3 is 9.32 Å². The zero-order valence-electron chi connectivity index (χ0n) is 28.9. The topological polar surface area (TPSA) is 16.4 Å². The number of anilines is 3.